The predicted molar refractivity (Wildman–Crippen MR) is 164 cm³/mol. The Labute approximate surface area is 240 Å². The van der Waals surface area contributed by atoms with Gasteiger partial charge in [0.2, 0.25) is 11.5 Å². The Morgan fingerprint density at radius 2 is 0.714 bits per heavy atom. The fraction of sp³-hybridized carbons (Fsp3) is 0. The number of benzene rings is 6. The van der Waals surface area contributed by atoms with Gasteiger partial charge in [0, 0.05) is 0 Å². The van der Waals surface area contributed by atoms with Crippen LogP contribution in [-0.2, 0) is 0 Å². The molecule has 0 radical (unpaired) electrons. The van der Waals surface area contributed by atoms with Gasteiger partial charge in [0.25, 0.3) is 0 Å². The van der Waals surface area contributed by atoms with E-state index in [0.717, 1.165) is 32.3 Å². The van der Waals surface area contributed by atoms with E-state index in [2.05, 4.69) is 4.86 Å². The summed E-state index contributed by atoms with van der Waals surface area (Å²) in [7, 11) is -10.1. The Bertz CT molecular complexity index is 2050. The summed E-state index contributed by atoms with van der Waals surface area (Å²) in [6, 6.07) is 35.8. The number of nitrogens with one attached hydrogen (secondary N) is 1. The maximum Gasteiger partial charge on any atom is 0.635 e. The van der Waals surface area contributed by atoms with E-state index in [0.29, 0.717) is 34.5 Å². The predicted octanol–water partition coefficient (Wildman–Crippen LogP) is 10.0. The molecule has 0 fully saturated rings. The molecule has 0 bridgehead atoms. The molecule has 0 unspecified atom stereocenters. The van der Waals surface area contributed by atoms with Crippen molar-refractivity contribution in [1.29, 1.82) is 0 Å². The van der Waals surface area contributed by atoms with Gasteiger partial charge in [0.05, 0.1) is 9.03 Å². The number of hydrogen-bond donors (Lipinski definition) is 1. The fourth-order valence-electron chi connectivity index (χ4n) is 5.61. The number of nitrogens with zero attached hydrogens (tertiary/aromatic N) is 2. The van der Waals surface area contributed by atoms with Gasteiger partial charge in [-0.05, 0) is 68.7 Å². The van der Waals surface area contributed by atoms with E-state index in [1.165, 1.54) is 0 Å². The van der Waals surface area contributed by atoms with Crippen molar-refractivity contribution in [3.63, 3.8) is 0 Å². The molecular formula is C30H19N3O6P3+. The van der Waals surface area contributed by atoms with Crippen LogP contribution in [0.25, 0.3) is 32.3 Å². The van der Waals surface area contributed by atoms with Crippen LogP contribution in [0.4, 0.5) is 0 Å². The average molecular weight is 610 g/mol. The van der Waals surface area contributed by atoms with Crippen molar-refractivity contribution >= 4 is 55.7 Å². The Morgan fingerprint density at radius 1 is 0.429 bits per heavy atom. The number of hydrogen-bond acceptors (Lipinski definition) is 9. The second kappa shape index (κ2) is 7.97. The standard InChI is InChI=1S/C30H19N3O6P3/c1-2-8-20-14-26-25(13-19(20)7-1)34-40(35-26)31-41(36-27-15-21-9-3-4-10-22(21)16-28(27)37-41)33-42(32-40)38-29-17-23-11-5-6-12-24(23)18-30(29)39-42/h1-18,31H/q+1. The first-order valence-electron chi connectivity index (χ1n) is 13.3. The van der Waals surface area contributed by atoms with Gasteiger partial charge in [-0.2, -0.15) is 0 Å². The highest BCUT2D eigenvalue weighted by Gasteiger charge is 2.67. The zero-order valence-corrected chi connectivity index (χ0v) is 24.3. The first-order chi connectivity index (χ1) is 20.5. The minimum Gasteiger partial charge on any atom is -0.413 e. The third-order valence-corrected chi connectivity index (χ3v) is 15.8. The molecule has 0 amide bonds. The Kier molecular flexibility index (Phi) is 4.43. The molecule has 3 spiro atoms. The Morgan fingerprint density at radius 3 is 1.02 bits per heavy atom. The SMILES string of the molecule is c1ccc2cc3c(cc2c1)OP1(=N[P+]2(N=P4(N1)Oc1cc5ccccc5cc1O4)Oc1cc4ccccc4cc1O2)O3. The largest absolute Gasteiger partial charge is 0.635 e. The lowest BCUT2D eigenvalue weighted by Gasteiger charge is -2.26. The number of rotatable bonds is 0. The first kappa shape index (κ1) is 23.3. The summed E-state index contributed by atoms with van der Waals surface area (Å²) in [4.78, 5) is 3.39. The van der Waals surface area contributed by atoms with Crippen molar-refractivity contribution < 1.29 is 27.1 Å². The lowest BCUT2D eigenvalue weighted by Crippen LogP contribution is -2.21. The van der Waals surface area contributed by atoms with Gasteiger partial charge < -0.3 is 18.1 Å². The zero-order chi connectivity index (χ0) is 27.5. The molecular weight excluding hydrogens is 591 g/mol. The van der Waals surface area contributed by atoms with Crippen LogP contribution in [0.2, 0.25) is 0 Å². The quantitative estimate of drug-likeness (QED) is 0.171. The van der Waals surface area contributed by atoms with Crippen molar-refractivity contribution in [1.82, 2.24) is 4.86 Å². The van der Waals surface area contributed by atoms with E-state index < -0.39 is 23.3 Å². The molecule has 0 saturated heterocycles. The molecule has 4 heterocycles. The van der Waals surface area contributed by atoms with E-state index >= 15 is 0 Å². The lowest BCUT2D eigenvalue weighted by molar-refractivity contribution is 0.498. The summed E-state index contributed by atoms with van der Waals surface area (Å²) >= 11 is 0. The molecule has 12 heteroatoms. The van der Waals surface area contributed by atoms with Gasteiger partial charge in [-0.15, -0.1) is 4.86 Å². The monoisotopic (exact) mass is 610 g/mol. The number of fused-ring (bicyclic) bond motifs is 6. The molecule has 42 heavy (non-hydrogen) atoms. The molecule has 1 N–H and O–H groups in total. The summed E-state index contributed by atoms with van der Waals surface area (Å²) < 4.78 is 49.3. The van der Waals surface area contributed by atoms with Gasteiger partial charge in [0.1, 0.15) is 0 Å². The Balaban J connectivity index is 1.15. The van der Waals surface area contributed by atoms with E-state index in [4.69, 9.17) is 36.2 Å². The molecule has 0 aliphatic carbocycles. The normalized spacial score (nSPS) is 19.0. The summed E-state index contributed by atoms with van der Waals surface area (Å²) in [6.45, 7) is 0. The minimum atomic E-state index is -3.42. The molecule has 4 aliphatic rings. The van der Waals surface area contributed by atoms with Crippen LogP contribution in [-0.4, -0.2) is 0 Å². The van der Waals surface area contributed by atoms with Gasteiger partial charge in [-0.1, -0.05) is 72.8 Å². The summed E-state index contributed by atoms with van der Waals surface area (Å²) in [5, 5.41) is 6.13. The minimum absolute atomic E-state index is 0.553. The highest BCUT2D eigenvalue weighted by Crippen LogP contribution is 2.85. The van der Waals surface area contributed by atoms with Crippen LogP contribution in [0.5, 0.6) is 34.5 Å². The van der Waals surface area contributed by atoms with Crippen molar-refractivity contribution in [3.8, 4) is 34.5 Å². The highest BCUT2D eigenvalue weighted by atomic mass is 31.3. The fourth-order valence-corrected chi connectivity index (χ4v) is 15.1. The van der Waals surface area contributed by atoms with E-state index in [9.17, 15) is 0 Å². The molecule has 204 valence electrons. The van der Waals surface area contributed by atoms with E-state index in [-0.39, 0.29) is 0 Å². The first-order valence-corrected chi connectivity index (χ1v) is 17.9. The van der Waals surface area contributed by atoms with Crippen LogP contribution < -0.4 is 32.0 Å². The van der Waals surface area contributed by atoms with Gasteiger partial charge in [-0.25, -0.2) is 0 Å². The average Bonchev–Trinajstić information content (AvgIpc) is 3.60. The van der Waals surface area contributed by atoms with Crippen molar-refractivity contribution in [2.24, 2.45) is 9.03 Å². The Hall–Kier alpha value is -4.25. The van der Waals surface area contributed by atoms with E-state index in [1.54, 1.807) is 0 Å². The topological polar surface area (TPSA) is 92.1 Å². The van der Waals surface area contributed by atoms with Crippen LogP contribution in [0.1, 0.15) is 0 Å². The summed E-state index contributed by atoms with van der Waals surface area (Å²) in [5.74, 6) is 3.39. The maximum absolute atomic E-state index is 6.56. The van der Waals surface area contributed by atoms with Gasteiger partial charge in [-0.3, -0.25) is 9.05 Å². The molecule has 6 aromatic carbocycles. The molecule has 0 saturated carbocycles. The maximum atomic E-state index is 6.56. The molecule has 0 aromatic heterocycles. The van der Waals surface area contributed by atoms with E-state index in [1.807, 2.05) is 109 Å². The van der Waals surface area contributed by atoms with Gasteiger partial charge >= 0.3 is 23.3 Å². The van der Waals surface area contributed by atoms with Crippen LogP contribution in [0.3, 0.4) is 0 Å². The van der Waals surface area contributed by atoms with Crippen LogP contribution >= 0.6 is 23.3 Å². The molecule has 9 nitrogen and oxygen atoms in total. The van der Waals surface area contributed by atoms with Crippen molar-refractivity contribution in [3.05, 3.63) is 109 Å². The van der Waals surface area contributed by atoms with Crippen LogP contribution in [0, 0.1) is 0 Å². The molecule has 4 aliphatic heterocycles. The second-order valence-electron chi connectivity index (χ2n) is 10.3. The zero-order valence-electron chi connectivity index (χ0n) is 21.6. The molecule has 0 atom stereocenters. The lowest BCUT2D eigenvalue weighted by atomic mass is 10.1. The third kappa shape index (κ3) is 3.40. The smallest absolute Gasteiger partial charge is 0.413 e. The molecule has 10 rings (SSSR count). The van der Waals surface area contributed by atoms with Crippen LogP contribution in [0.15, 0.2) is 118 Å². The summed E-state index contributed by atoms with van der Waals surface area (Å²) in [6.07, 6.45) is 0. The van der Waals surface area contributed by atoms with Gasteiger partial charge in [0.15, 0.2) is 23.0 Å². The second-order valence-corrected chi connectivity index (χ2v) is 16.7. The molecule has 6 aromatic rings. The third-order valence-electron chi connectivity index (χ3n) is 7.47. The highest BCUT2D eigenvalue weighted by molar-refractivity contribution is 7.84. The van der Waals surface area contributed by atoms with Crippen molar-refractivity contribution in [2.75, 3.05) is 0 Å². The summed E-state index contributed by atoms with van der Waals surface area (Å²) in [5.41, 5.74) is 0. The van der Waals surface area contributed by atoms with Crippen molar-refractivity contribution in [2.45, 2.75) is 0 Å².